The van der Waals surface area contributed by atoms with Crippen molar-refractivity contribution in [2.75, 3.05) is 29.0 Å². The molecular formula is C19H22N2O4S. The first-order valence-electron chi connectivity index (χ1n) is 8.52. The van der Waals surface area contributed by atoms with E-state index in [-0.39, 0.29) is 11.7 Å². The molecule has 0 radical (unpaired) electrons. The number of hydrogen-bond acceptors (Lipinski definition) is 4. The van der Waals surface area contributed by atoms with Crippen molar-refractivity contribution in [2.24, 2.45) is 0 Å². The molecule has 0 unspecified atom stereocenters. The summed E-state index contributed by atoms with van der Waals surface area (Å²) >= 11 is 0. The monoisotopic (exact) mass is 374 g/mol. The van der Waals surface area contributed by atoms with E-state index in [1.807, 2.05) is 30.3 Å². The molecule has 0 bridgehead atoms. The van der Waals surface area contributed by atoms with E-state index >= 15 is 0 Å². The highest BCUT2D eigenvalue weighted by atomic mass is 32.2. The Morgan fingerprint density at radius 3 is 2.62 bits per heavy atom. The van der Waals surface area contributed by atoms with Crippen LogP contribution in [0.5, 0.6) is 5.75 Å². The number of carbonyl (C=O) groups is 1. The Hall–Kier alpha value is -2.54. The first-order valence-corrected chi connectivity index (χ1v) is 10.1. The summed E-state index contributed by atoms with van der Waals surface area (Å²) in [5.41, 5.74) is 2.20. The topological polar surface area (TPSA) is 75.7 Å². The van der Waals surface area contributed by atoms with Gasteiger partial charge in [-0.15, -0.1) is 0 Å². The Balaban J connectivity index is 1.68. The lowest BCUT2D eigenvalue weighted by molar-refractivity contribution is -0.116. The van der Waals surface area contributed by atoms with Gasteiger partial charge < -0.3 is 10.1 Å². The van der Waals surface area contributed by atoms with Crippen molar-refractivity contribution in [3.63, 3.8) is 0 Å². The van der Waals surface area contributed by atoms with Gasteiger partial charge in [-0.1, -0.05) is 30.3 Å². The number of carbonyl (C=O) groups excluding carboxylic acids is 1. The number of methoxy groups -OCH3 is 1. The largest absolute Gasteiger partial charge is 0.494 e. The van der Waals surface area contributed by atoms with Crippen LogP contribution in [0.15, 0.2) is 48.5 Å². The SMILES string of the molecule is COc1cc(NC(=O)CCc2ccccc2)ccc1N1CCCS1(=O)=O. The van der Waals surface area contributed by atoms with E-state index in [2.05, 4.69) is 5.32 Å². The average molecular weight is 374 g/mol. The maximum Gasteiger partial charge on any atom is 0.235 e. The summed E-state index contributed by atoms with van der Waals surface area (Å²) < 4.78 is 30.9. The lowest BCUT2D eigenvalue weighted by Gasteiger charge is -2.20. The molecule has 2 aromatic carbocycles. The van der Waals surface area contributed by atoms with Gasteiger partial charge in [0.2, 0.25) is 15.9 Å². The summed E-state index contributed by atoms with van der Waals surface area (Å²) in [4.78, 5) is 12.2. The molecule has 0 spiro atoms. The number of hydrogen-bond donors (Lipinski definition) is 1. The molecule has 6 nitrogen and oxygen atoms in total. The number of rotatable bonds is 6. The molecule has 1 aliphatic heterocycles. The third kappa shape index (κ3) is 4.16. The highest BCUT2D eigenvalue weighted by Crippen LogP contribution is 2.35. The maximum atomic E-state index is 12.2. The quantitative estimate of drug-likeness (QED) is 0.844. The van der Waals surface area contributed by atoms with Crippen LogP contribution in [0.3, 0.4) is 0 Å². The van der Waals surface area contributed by atoms with Crippen LogP contribution < -0.4 is 14.4 Å². The van der Waals surface area contributed by atoms with Gasteiger partial charge >= 0.3 is 0 Å². The highest BCUT2D eigenvalue weighted by Gasteiger charge is 2.30. The summed E-state index contributed by atoms with van der Waals surface area (Å²) in [6, 6.07) is 14.8. The van der Waals surface area contributed by atoms with Gasteiger partial charge in [-0.05, 0) is 30.5 Å². The molecule has 7 heteroatoms. The van der Waals surface area contributed by atoms with E-state index in [0.29, 0.717) is 42.9 Å². The Kier molecular flexibility index (Phi) is 5.46. The van der Waals surface area contributed by atoms with Crippen molar-refractivity contribution in [1.29, 1.82) is 0 Å². The zero-order chi connectivity index (χ0) is 18.6. The molecule has 0 aromatic heterocycles. The van der Waals surface area contributed by atoms with Crippen LogP contribution in [0.4, 0.5) is 11.4 Å². The second-order valence-electron chi connectivity index (χ2n) is 6.16. The Labute approximate surface area is 153 Å². The van der Waals surface area contributed by atoms with Crippen LogP contribution in [0.25, 0.3) is 0 Å². The van der Waals surface area contributed by atoms with Crippen molar-refractivity contribution in [3.8, 4) is 5.75 Å². The molecule has 1 heterocycles. The highest BCUT2D eigenvalue weighted by molar-refractivity contribution is 7.93. The zero-order valence-corrected chi connectivity index (χ0v) is 15.5. The van der Waals surface area contributed by atoms with Crippen LogP contribution in [0.1, 0.15) is 18.4 Å². The van der Waals surface area contributed by atoms with Crippen LogP contribution in [-0.2, 0) is 21.2 Å². The van der Waals surface area contributed by atoms with Gasteiger partial charge in [0.25, 0.3) is 0 Å². The molecule has 0 atom stereocenters. The van der Waals surface area contributed by atoms with Gasteiger partial charge in [0.05, 0.1) is 18.6 Å². The Morgan fingerprint density at radius 1 is 1.19 bits per heavy atom. The first-order chi connectivity index (χ1) is 12.5. The smallest absolute Gasteiger partial charge is 0.235 e. The summed E-state index contributed by atoms with van der Waals surface area (Å²) in [5.74, 6) is 0.475. The molecule has 1 N–H and O–H groups in total. The number of benzene rings is 2. The molecule has 0 aliphatic carbocycles. The molecule has 138 valence electrons. The summed E-state index contributed by atoms with van der Waals surface area (Å²) in [7, 11) is -1.79. The van der Waals surface area contributed by atoms with Crippen LogP contribution in [0.2, 0.25) is 0 Å². The fourth-order valence-electron chi connectivity index (χ4n) is 3.00. The lowest BCUT2D eigenvalue weighted by Crippen LogP contribution is -2.25. The minimum atomic E-state index is -3.28. The number of nitrogens with one attached hydrogen (secondary N) is 1. The molecule has 1 saturated heterocycles. The number of aryl methyl sites for hydroxylation is 1. The van der Waals surface area contributed by atoms with E-state index < -0.39 is 10.0 Å². The third-order valence-corrected chi connectivity index (χ3v) is 6.17. The maximum absolute atomic E-state index is 12.2. The second kappa shape index (κ2) is 7.78. The standard InChI is InChI=1S/C19H22N2O4S/c1-25-18-14-16(9-10-17(18)21-12-5-13-26(21,23)24)20-19(22)11-8-15-6-3-2-4-7-15/h2-4,6-7,9-10,14H,5,8,11-13H2,1H3,(H,20,22). The van der Waals surface area contributed by atoms with E-state index in [9.17, 15) is 13.2 Å². The van der Waals surface area contributed by atoms with Crippen molar-refractivity contribution in [3.05, 3.63) is 54.1 Å². The van der Waals surface area contributed by atoms with Gasteiger partial charge in [-0.3, -0.25) is 9.10 Å². The van der Waals surface area contributed by atoms with Gasteiger partial charge in [0.1, 0.15) is 5.75 Å². The van der Waals surface area contributed by atoms with Gasteiger partial charge in [0, 0.05) is 24.7 Å². The van der Waals surface area contributed by atoms with Crippen molar-refractivity contribution in [2.45, 2.75) is 19.3 Å². The molecule has 2 aromatic rings. The van der Waals surface area contributed by atoms with E-state index in [1.165, 1.54) is 11.4 Å². The fourth-order valence-corrected chi connectivity index (χ4v) is 4.57. The van der Waals surface area contributed by atoms with Gasteiger partial charge in [-0.25, -0.2) is 8.42 Å². The third-order valence-electron chi connectivity index (χ3n) is 4.32. The van der Waals surface area contributed by atoms with Crippen molar-refractivity contribution >= 4 is 27.3 Å². The van der Waals surface area contributed by atoms with Crippen LogP contribution >= 0.6 is 0 Å². The molecule has 3 rings (SSSR count). The predicted molar refractivity (Wildman–Crippen MR) is 102 cm³/mol. The minimum absolute atomic E-state index is 0.0996. The molecular weight excluding hydrogens is 352 g/mol. The first kappa shape index (κ1) is 18.3. The second-order valence-corrected chi connectivity index (χ2v) is 8.17. The number of anilines is 2. The predicted octanol–water partition coefficient (Wildman–Crippen LogP) is 2.81. The normalized spacial score (nSPS) is 15.7. The summed E-state index contributed by atoms with van der Waals surface area (Å²) in [5, 5.41) is 2.84. The lowest BCUT2D eigenvalue weighted by atomic mass is 10.1. The molecule has 1 fully saturated rings. The summed E-state index contributed by atoms with van der Waals surface area (Å²) in [6.45, 7) is 0.446. The average Bonchev–Trinajstić information content (AvgIpc) is 2.99. The Bertz CT molecular complexity index is 882. The zero-order valence-electron chi connectivity index (χ0n) is 14.6. The number of nitrogens with zero attached hydrogens (tertiary/aromatic N) is 1. The van der Waals surface area contributed by atoms with Gasteiger partial charge in [-0.2, -0.15) is 0 Å². The Morgan fingerprint density at radius 2 is 1.96 bits per heavy atom. The van der Waals surface area contributed by atoms with E-state index in [0.717, 1.165) is 5.56 Å². The van der Waals surface area contributed by atoms with Crippen LogP contribution in [0, 0.1) is 0 Å². The molecule has 0 saturated carbocycles. The van der Waals surface area contributed by atoms with Crippen molar-refractivity contribution in [1.82, 2.24) is 0 Å². The summed E-state index contributed by atoms with van der Waals surface area (Å²) in [6.07, 6.45) is 1.63. The molecule has 1 amide bonds. The molecule has 26 heavy (non-hydrogen) atoms. The number of ether oxygens (including phenoxy) is 1. The van der Waals surface area contributed by atoms with Crippen molar-refractivity contribution < 1.29 is 17.9 Å². The van der Waals surface area contributed by atoms with Gasteiger partial charge in [0.15, 0.2) is 0 Å². The molecule has 1 aliphatic rings. The fraction of sp³-hybridized carbons (Fsp3) is 0.316. The number of sulfonamides is 1. The van der Waals surface area contributed by atoms with E-state index in [4.69, 9.17) is 4.74 Å². The van der Waals surface area contributed by atoms with E-state index in [1.54, 1.807) is 18.2 Å². The number of amides is 1. The minimum Gasteiger partial charge on any atom is -0.494 e. The van der Waals surface area contributed by atoms with Crippen LogP contribution in [-0.4, -0.2) is 33.7 Å².